The third-order valence-corrected chi connectivity index (χ3v) is 3.53. The number of aryl methyl sites for hydroxylation is 1. The highest BCUT2D eigenvalue weighted by molar-refractivity contribution is 5.32. The van der Waals surface area contributed by atoms with Crippen molar-refractivity contribution in [3.05, 3.63) is 34.9 Å². The summed E-state index contributed by atoms with van der Waals surface area (Å²) in [5.74, 6) is -1.53. The van der Waals surface area contributed by atoms with Gasteiger partial charge in [-0.1, -0.05) is 25.8 Å². The molecular formula is C13H17F2N. The highest BCUT2D eigenvalue weighted by Crippen LogP contribution is 2.38. The molecule has 0 radical (unpaired) electrons. The van der Waals surface area contributed by atoms with E-state index >= 15 is 0 Å². The zero-order valence-corrected chi connectivity index (χ0v) is 9.52. The number of hydrogen-bond acceptors (Lipinski definition) is 1. The van der Waals surface area contributed by atoms with E-state index in [1.807, 2.05) is 6.92 Å². The van der Waals surface area contributed by atoms with Crippen LogP contribution in [0.15, 0.2) is 12.1 Å². The number of nitrogens with two attached hydrogens (primary N) is 1. The standard InChI is InChI=1S/C13H17F2N/c1-2-9-7-10(12(15)11(14)8-9)13(16)5-3-4-6-13/h7-8H,2-6,16H2,1H3. The lowest BCUT2D eigenvalue weighted by atomic mass is 9.87. The second-order valence-electron chi connectivity index (χ2n) is 4.66. The highest BCUT2D eigenvalue weighted by atomic mass is 19.2. The molecule has 0 heterocycles. The van der Waals surface area contributed by atoms with E-state index in [4.69, 9.17) is 5.73 Å². The predicted octanol–water partition coefficient (Wildman–Crippen LogP) is 3.26. The lowest BCUT2D eigenvalue weighted by Crippen LogP contribution is -2.34. The van der Waals surface area contributed by atoms with Crippen LogP contribution in [0.3, 0.4) is 0 Å². The Hall–Kier alpha value is -0.960. The first-order valence-electron chi connectivity index (χ1n) is 5.84. The maximum Gasteiger partial charge on any atom is 0.163 e. The Balaban J connectivity index is 2.50. The minimum atomic E-state index is -0.772. The summed E-state index contributed by atoms with van der Waals surface area (Å²) in [4.78, 5) is 0. The summed E-state index contributed by atoms with van der Waals surface area (Å²) >= 11 is 0. The van der Waals surface area contributed by atoms with Gasteiger partial charge < -0.3 is 5.73 Å². The minimum absolute atomic E-state index is 0.363. The van der Waals surface area contributed by atoms with Gasteiger partial charge in [0.05, 0.1) is 0 Å². The Labute approximate surface area is 94.7 Å². The third-order valence-electron chi connectivity index (χ3n) is 3.53. The van der Waals surface area contributed by atoms with Crippen molar-refractivity contribution in [3.63, 3.8) is 0 Å². The second-order valence-corrected chi connectivity index (χ2v) is 4.66. The van der Waals surface area contributed by atoms with Gasteiger partial charge in [0.1, 0.15) is 0 Å². The van der Waals surface area contributed by atoms with Gasteiger partial charge in [-0.15, -0.1) is 0 Å². The van der Waals surface area contributed by atoms with Gasteiger partial charge in [-0.3, -0.25) is 0 Å². The van der Waals surface area contributed by atoms with Gasteiger partial charge in [-0.25, -0.2) is 8.78 Å². The molecule has 1 nitrogen and oxygen atoms in total. The van der Waals surface area contributed by atoms with Crippen molar-refractivity contribution in [2.45, 2.75) is 44.6 Å². The zero-order valence-electron chi connectivity index (χ0n) is 9.52. The fourth-order valence-corrected chi connectivity index (χ4v) is 2.49. The Kier molecular flexibility index (Phi) is 2.98. The summed E-state index contributed by atoms with van der Waals surface area (Å²) in [6.45, 7) is 1.92. The molecule has 1 aromatic rings. The SMILES string of the molecule is CCc1cc(F)c(F)c(C2(N)CCCC2)c1. The Morgan fingerprint density at radius 2 is 1.88 bits per heavy atom. The van der Waals surface area contributed by atoms with E-state index < -0.39 is 17.2 Å². The lowest BCUT2D eigenvalue weighted by molar-refractivity contribution is 0.411. The topological polar surface area (TPSA) is 26.0 Å². The molecule has 1 saturated carbocycles. The number of hydrogen-bond donors (Lipinski definition) is 1. The number of benzene rings is 1. The van der Waals surface area contributed by atoms with E-state index in [1.165, 1.54) is 6.07 Å². The van der Waals surface area contributed by atoms with E-state index in [9.17, 15) is 8.78 Å². The first kappa shape index (κ1) is 11.5. The van der Waals surface area contributed by atoms with Crippen molar-refractivity contribution in [2.24, 2.45) is 5.73 Å². The zero-order chi connectivity index (χ0) is 11.8. The van der Waals surface area contributed by atoms with Crippen molar-refractivity contribution in [1.29, 1.82) is 0 Å². The van der Waals surface area contributed by atoms with Crippen LogP contribution >= 0.6 is 0 Å². The molecule has 3 heteroatoms. The average molecular weight is 225 g/mol. The van der Waals surface area contributed by atoms with Gasteiger partial charge in [0.15, 0.2) is 11.6 Å². The number of rotatable bonds is 2. The largest absolute Gasteiger partial charge is 0.321 e. The molecule has 2 rings (SSSR count). The molecule has 0 spiro atoms. The van der Waals surface area contributed by atoms with Gasteiger partial charge in [-0.2, -0.15) is 0 Å². The fraction of sp³-hybridized carbons (Fsp3) is 0.538. The number of halogens is 2. The maximum absolute atomic E-state index is 13.8. The normalized spacial score (nSPS) is 19.0. The molecule has 1 fully saturated rings. The van der Waals surface area contributed by atoms with E-state index in [1.54, 1.807) is 6.07 Å². The van der Waals surface area contributed by atoms with Crippen LogP contribution < -0.4 is 5.73 Å². The molecule has 0 atom stereocenters. The van der Waals surface area contributed by atoms with E-state index in [0.29, 0.717) is 12.0 Å². The molecule has 88 valence electrons. The molecular weight excluding hydrogens is 208 g/mol. The Bertz CT molecular complexity index is 395. The van der Waals surface area contributed by atoms with Crippen molar-refractivity contribution in [2.75, 3.05) is 0 Å². The molecule has 0 amide bonds. The Morgan fingerprint density at radius 1 is 1.25 bits per heavy atom. The summed E-state index contributed by atoms with van der Waals surface area (Å²) in [5, 5.41) is 0. The molecule has 0 saturated heterocycles. The van der Waals surface area contributed by atoms with Crippen molar-refractivity contribution in [3.8, 4) is 0 Å². The molecule has 1 aliphatic carbocycles. The minimum Gasteiger partial charge on any atom is -0.321 e. The second kappa shape index (κ2) is 4.13. The van der Waals surface area contributed by atoms with Gasteiger partial charge in [0, 0.05) is 11.1 Å². The van der Waals surface area contributed by atoms with Crippen LogP contribution in [0.2, 0.25) is 0 Å². The molecule has 1 aliphatic rings. The van der Waals surface area contributed by atoms with Crippen LogP contribution in [-0.4, -0.2) is 0 Å². The smallest absolute Gasteiger partial charge is 0.163 e. The first-order valence-corrected chi connectivity index (χ1v) is 5.84. The summed E-state index contributed by atoms with van der Waals surface area (Å²) < 4.78 is 27.2. The van der Waals surface area contributed by atoms with Crippen molar-refractivity contribution >= 4 is 0 Å². The highest BCUT2D eigenvalue weighted by Gasteiger charge is 2.34. The van der Waals surface area contributed by atoms with E-state index in [2.05, 4.69) is 0 Å². The summed E-state index contributed by atoms with van der Waals surface area (Å²) in [7, 11) is 0. The quantitative estimate of drug-likeness (QED) is 0.821. The molecule has 0 bridgehead atoms. The van der Waals surface area contributed by atoms with E-state index in [0.717, 1.165) is 31.2 Å². The van der Waals surface area contributed by atoms with Crippen LogP contribution in [0.5, 0.6) is 0 Å². The van der Waals surface area contributed by atoms with Gasteiger partial charge >= 0.3 is 0 Å². The molecule has 0 unspecified atom stereocenters. The van der Waals surface area contributed by atoms with Gasteiger partial charge in [0.2, 0.25) is 0 Å². The summed E-state index contributed by atoms with van der Waals surface area (Å²) in [6.07, 6.45) is 4.18. The third kappa shape index (κ3) is 1.84. The van der Waals surface area contributed by atoms with Crippen LogP contribution in [0.25, 0.3) is 0 Å². The molecule has 16 heavy (non-hydrogen) atoms. The van der Waals surface area contributed by atoms with Crippen molar-refractivity contribution in [1.82, 2.24) is 0 Å². The predicted molar refractivity (Wildman–Crippen MR) is 60.1 cm³/mol. The van der Waals surface area contributed by atoms with Crippen LogP contribution in [0.1, 0.15) is 43.7 Å². The monoisotopic (exact) mass is 225 g/mol. The molecule has 0 aromatic heterocycles. The summed E-state index contributed by atoms with van der Waals surface area (Å²) in [5.41, 5.74) is 6.68. The van der Waals surface area contributed by atoms with Crippen LogP contribution in [0.4, 0.5) is 8.78 Å². The molecule has 1 aromatic carbocycles. The maximum atomic E-state index is 13.8. The van der Waals surface area contributed by atoms with Gasteiger partial charge in [0.25, 0.3) is 0 Å². The van der Waals surface area contributed by atoms with Crippen LogP contribution in [-0.2, 0) is 12.0 Å². The van der Waals surface area contributed by atoms with Crippen molar-refractivity contribution < 1.29 is 8.78 Å². The fourth-order valence-electron chi connectivity index (χ4n) is 2.49. The van der Waals surface area contributed by atoms with E-state index in [-0.39, 0.29) is 0 Å². The Morgan fingerprint density at radius 3 is 2.44 bits per heavy atom. The lowest BCUT2D eigenvalue weighted by Gasteiger charge is -2.25. The van der Waals surface area contributed by atoms with Gasteiger partial charge in [-0.05, 0) is 30.9 Å². The molecule has 0 aliphatic heterocycles. The van der Waals surface area contributed by atoms with Crippen LogP contribution in [0, 0.1) is 11.6 Å². The first-order chi connectivity index (χ1) is 7.57. The average Bonchev–Trinajstić information content (AvgIpc) is 2.70. The molecule has 2 N–H and O–H groups in total. The summed E-state index contributed by atoms with van der Waals surface area (Å²) in [6, 6.07) is 2.99.